The Bertz CT molecular complexity index is 1070. The van der Waals surface area contributed by atoms with Gasteiger partial charge in [-0.2, -0.15) is 0 Å². The van der Waals surface area contributed by atoms with Gasteiger partial charge < -0.3 is 0 Å². The number of nitrogens with one attached hydrogen (secondary N) is 1. The molecular formula is C17H19ClN2O4S2. The fourth-order valence-electron chi connectivity index (χ4n) is 2.91. The van der Waals surface area contributed by atoms with E-state index in [2.05, 4.69) is 4.72 Å². The van der Waals surface area contributed by atoms with Gasteiger partial charge >= 0.3 is 0 Å². The van der Waals surface area contributed by atoms with Gasteiger partial charge in [-0.15, -0.1) is 0 Å². The maximum Gasteiger partial charge on any atom is 0.262 e. The summed E-state index contributed by atoms with van der Waals surface area (Å²) in [5, 5.41) is 0.502. The van der Waals surface area contributed by atoms with E-state index in [1.165, 1.54) is 16.4 Å². The number of halogens is 1. The number of anilines is 2. The van der Waals surface area contributed by atoms with E-state index in [9.17, 15) is 16.8 Å². The highest BCUT2D eigenvalue weighted by Crippen LogP contribution is 2.29. The smallest absolute Gasteiger partial charge is 0.262 e. The number of nitrogens with zero attached hydrogens (tertiary/aromatic N) is 1. The molecule has 0 spiro atoms. The van der Waals surface area contributed by atoms with Gasteiger partial charge in [-0.3, -0.25) is 9.03 Å². The van der Waals surface area contributed by atoms with E-state index in [1.807, 2.05) is 0 Å². The van der Waals surface area contributed by atoms with Gasteiger partial charge in [0, 0.05) is 11.6 Å². The average molecular weight is 415 g/mol. The van der Waals surface area contributed by atoms with Gasteiger partial charge in [-0.1, -0.05) is 17.7 Å². The minimum Gasteiger partial charge on any atom is -0.280 e. The van der Waals surface area contributed by atoms with Crippen LogP contribution in [0.2, 0.25) is 5.02 Å². The molecule has 2 aromatic rings. The van der Waals surface area contributed by atoms with Gasteiger partial charge in [-0.05, 0) is 61.7 Å². The maximum absolute atomic E-state index is 12.8. The molecule has 1 saturated heterocycles. The highest BCUT2D eigenvalue weighted by atomic mass is 35.5. The van der Waals surface area contributed by atoms with Crippen LogP contribution in [0.25, 0.3) is 0 Å². The van der Waals surface area contributed by atoms with Crippen LogP contribution in [0.5, 0.6) is 0 Å². The van der Waals surface area contributed by atoms with E-state index in [4.69, 9.17) is 11.6 Å². The summed E-state index contributed by atoms with van der Waals surface area (Å²) in [5.41, 5.74) is 1.95. The average Bonchev–Trinajstić information content (AvgIpc) is 2.90. The van der Waals surface area contributed by atoms with Crippen molar-refractivity contribution in [3.8, 4) is 0 Å². The van der Waals surface area contributed by atoms with Crippen molar-refractivity contribution in [3.63, 3.8) is 0 Å². The third kappa shape index (κ3) is 3.67. The van der Waals surface area contributed by atoms with Crippen molar-refractivity contribution in [2.75, 3.05) is 21.3 Å². The van der Waals surface area contributed by atoms with Crippen LogP contribution in [-0.4, -0.2) is 29.1 Å². The van der Waals surface area contributed by atoms with Crippen molar-refractivity contribution < 1.29 is 16.8 Å². The number of benzene rings is 2. The highest BCUT2D eigenvalue weighted by molar-refractivity contribution is 7.93. The van der Waals surface area contributed by atoms with E-state index in [1.54, 1.807) is 38.1 Å². The third-order valence-corrected chi connectivity index (χ3v) is 8.03. The Morgan fingerprint density at radius 1 is 1.12 bits per heavy atom. The van der Waals surface area contributed by atoms with E-state index in [0.717, 1.165) is 0 Å². The fraction of sp³-hybridized carbons (Fsp3) is 0.294. The Balaban J connectivity index is 1.94. The summed E-state index contributed by atoms with van der Waals surface area (Å²) in [6, 6.07) is 9.52. The van der Waals surface area contributed by atoms with E-state index in [0.29, 0.717) is 40.5 Å². The zero-order chi connectivity index (χ0) is 19.1. The summed E-state index contributed by atoms with van der Waals surface area (Å²) in [6.45, 7) is 3.81. The maximum atomic E-state index is 12.8. The monoisotopic (exact) mass is 414 g/mol. The van der Waals surface area contributed by atoms with Gasteiger partial charge in [0.05, 0.1) is 22.0 Å². The Hall–Kier alpha value is -1.77. The number of rotatable bonds is 4. The second kappa shape index (κ2) is 6.75. The molecule has 0 saturated carbocycles. The first-order valence-electron chi connectivity index (χ1n) is 8.00. The normalized spacial score (nSPS) is 16.7. The summed E-state index contributed by atoms with van der Waals surface area (Å²) >= 11 is 6.04. The molecule has 3 rings (SSSR count). The Morgan fingerprint density at radius 3 is 2.50 bits per heavy atom. The number of sulfonamides is 2. The molecule has 9 heteroatoms. The standard InChI is InChI=1S/C17H19ClN2O4S2/c1-12-10-17(13(2)9-16(12)18)26(23,24)19-14-5-3-6-15(11-14)20-7-4-8-25(20,21)22/h3,5-6,9-11,19H,4,7-8H2,1-2H3. The molecule has 0 radical (unpaired) electrons. The molecule has 0 amide bonds. The van der Waals surface area contributed by atoms with Crippen molar-refractivity contribution in [1.29, 1.82) is 0 Å². The lowest BCUT2D eigenvalue weighted by molar-refractivity contribution is 0.598. The van der Waals surface area contributed by atoms with Crippen molar-refractivity contribution in [3.05, 3.63) is 52.5 Å². The molecule has 1 fully saturated rings. The van der Waals surface area contributed by atoms with Crippen LogP contribution in [0.3, 0.4) is 0 Å². The first kappa shape index (κ1) is 19.0. The summed E-state index contributed by atoms with van der Waals surface area (Å²) in [4.78, 5) is 0.138. The fourth-order valence-corrected chi connectivity index (χ4v) is 6.04. The van der Waals surface area contributed by atoms with Gasteiger partial charge in [-0.25, -0.2) is 16.8 Å². The highest BCUT2D eigenvalue weighted by Gasteiger charge is 2.28. The molecule has 0 unspecified atom stereocenters. The molecule has 0 atom stereocenters. The predicted molar refractivity (Wildman–Crippen MR) is 104 cm³/mol. The Labute approximate surface area is 158 Å². The van der Waals surface area contributed by atoms with Crippen LogP contribution in [0.15, 0.2) is 41.3 Å². The van der Waals surface area contributed by atoms with Crippen LogP contribution >= 0.6 is 11.6 Å². The Morgan fingerprint density at radius 2 is 1.85 bits per heavy atom. The molecule has 1 heterocycles. The molecule has 0 aliphatic carbocycles. The van der Waals surface area contributed by atoms with Crippen LogP contribution in [-0.2, 0) is 20.0 Å². The lowest BCUT2D eigenvalue weighted by Gasteiger charge is -2.18. The first-order valence-corrected chi connectivity index (χ1v) is 11.5. The minimum absolute atomic E-state index is 0.103. The summed E-state index contributed by atoms with van der Waals surface area (Å²) in [7, 11) is -7.16. The van der Waals surface area contributed by atoms with Gasteiger partial charge in [0.2, 0.25) is 10.0 Å². The SMILES string of the molecule is Cc1cc(S(=O)(=O)Nc2cccc(N3CCCS3(=O)=O)c2)c(C)cc1Cl. The molecular weight excluding hydrogens is 396 g/mol. The number of hydrogen-bond acceptors (Lipinski definition) is 4. The van der Waals surface area contributed by atoms with Crippen molar-refractivity contribution in [2.24, 2.45) is 0 Å². The first-order chi connectivity index (χ1) is 12.1. The number of hydrogen-bond donors (Lipinski definition) is 1. The molecule has 1 aliphatic rings. The predicted octanol–water partition coefficient (Wildman–Crippen LogP) is 3.30. The molecule has 1 N–H and O–H groups in total. The van der Waals surface area contributed by atoms with Crippen LogP contribution < -0.4 is 9.03 Å². The van der Waals surface area contributed by atoms with E-state index in [-0.39, 0.29) is 10.6 Å². The second-order valence-corrected chi connectivity index (χ2v) is 10.3. The van der Waals surface area contributed by atoms with E-state index < -0.39 is 20.0 Å². The topological polar surface area (TPSA) is 83.6 Å². The van der Waals surface area contributed by atoms with Gasteiger partial charge in [0.15, 0.2) is 0 Å². The van der Waals surface area contributed by atoms with Crippen molar-refractivity contribution in [1.82, 2.24) is 0 Å². The molecule has 6 nitrogen and oxygen atoms in total. The zero-order valence-electron chi connectivity index (χ0n) is 14.4. The lowest BCUT2D eigenvalue weighted by Crippen LogP contribution is -2.25. The van der Waals surface area contributed by atoms with Crippen molar-refractivity contribution in [2.45, 2.75) is 25.2 Å². The quantitative estimate of drug-likeness (QED) is 0.831. The minimum atomic E-state index is -3.83. The molecule has 0 bridgehead atoms. The molecule has 1 aliphatic heterocycles. The van der Waals surface area contributed by atoms with Crippen molar-refractivity contribution >= 4 is 43.0 Å². The summed E-state index contributed by atoms with van der Waals surface area (Å²) < 4.78 is 53.5. The van der Waals surface area contributed by atoms with Gasteiger partial charge in [0.25, 0.3) is 10.0 Å². The largest absolute Gasteiger partial charge is 0.280 e. The van der Waals surface area contributed by atoms with Gasteiger partial charge in [0.1, 0.15) is 0 Å². The van der Waals surface area contributed by atoms with E-state index >= 15 is 0 Å². The Kier molecular flexibility index (Phi) is 4.94. The third-order valence-electron chi connectivity index (χ3n) is 4.23. The number of aryl methyl sites for hydroxylation is 2. The molecule has 0 aromatic heterocycles. The summed E-state index contributed by atoms with van der Waals surface area (Å²) in [5.74, 6) is 0.103. The molecule has 140 valence electrons. The van der Waals surface area contributed by atoms with Crippen LogP contribution in [0.4, 0.5) is 11.4 Å². The van der Waals surface area contributed by atoms with Crippen LogP contribution in [0, 0.1) is 13.8 Å². The zero-order valence-corrected chi connectivity index (χ0v) is 16.7. The van der Waals surface area contributed by atoms with Crippen LogP contribution in [0.1, 0.15) is 17.5 Å². The second-order valence-electron chi connectivity index (χ2n) is 6.26. The lowest BCUT2D eigenvalue weighted by atomic mass is 10.2. The molecule has 2 aromatic carbocycles. The molecule has 26 heavy (non-hydrogen) atoms. The summed E-state index contributed by atoms with van der Waals surface area (Å²) in [6.07, 6.45) is 0.557.